The number of carboxylic acid groups (broad SMARTS) is 1. The van der Waals surface area contributed by atoms with Crippen LogP contribution in [0, 0.1) is 5.82 Å². The van der Waals surface area contributed by atoms with Gasteiger partial charge in [0.25, 0.3) is 6.43 Å². The molecular weight excluding hydrogens is 293 g/mol. The van der Waals surface area contributed by atoms with E-state index in [1.54, 1.807) is 0 Å². The number of hydrogen-bond acceptors (Lipinski definition) is 3. The molecule has 0 saturated carbocycles. The van der Waals surface area contributed by atoms with E-state index in [1.165, 1.54) is 0 Å². The number of carboxylic acids is 1. The summed E-state index contributed by atoms with van der Waals surface area (Å²) in [4.78, 5) is 22.9. The number of halogens is 3. The van der Waals surface area contributed by atoms with Crippen molar-refractivity contribution < 1.29 is 33.0 Å². The highest BCUT2D eigenvalue weighted by Gasteiger charge is 2.19. The molecule has 6 nitrogen and oxygen atoms in total. The van der Waals surface area contributed by atoms with Gasteiger partial charge in [-0.15, -0.1) is 0 Å². The predicted octanol–water partition coefficient (Wildman–Crippen LogP) is 1.62. The number of hydrogen-bond donors (Lipinski definition) is 3. The van der Waals surface area contributed by atoms with Gasteiger partial charge in [0.2, 0.25) is 0 Å². The zero-order valence-electron chi connectivity index (χ0n) is 10.7. The summed E-state index contributed by atoms with van der Waals surface area (Å²) in [7, 11) is 0. The molecule has 0 aliphatic carbocycles. The summed E-state index contributed by atoms with van der Waals surface area (Å²) in [5.74, 6) is -2.35. The monoisotopic (exact) mass is 306 g/mol. The van der Waals surface area contributed by atoms with Crippen molar-refractivity contribution >= 4 is 17.7 Å². The molecule has 116 valence electrons. The summed E-state index contributed by atoms with van der Waals surface area (Å²) in [6.07, 6.45) is -2.80. The fourth-order valence-electron chi connectivity index (χ4n) is 1.51. The molecule has 1 rings (SSSR count). The largest absolute Gasteiger partial charge is 0.478 e. The SMILES string of the molecule is O=C(O)c1ccc(NC(=O)N(CCO)CC(F)F)c(F)c1. The van der Waals surface area contributed by atoms with Crippen LogP contribution in [0.15, 0.2) is 18.2 Å². The molecule has 0 heterocycles. The molecule has 0 saturated heterocycles. The smallest absolute Gasteiger partial charge is 0.335 e. The Bertz CT molecular complexity index is 525. The van der Waals surface area contributed by atoms with E-state index < -0.39 is 37.4 Å². The molecule has 0 radical (unpaired) electrons. The molecule has 0 fully saturated rings. The Labute approximate surface area is 117 Å². The van der Waals surface area contributed by atoms with E-state index in [0.717, 1.165) is 12.1 Å². The summed E-state index contributed by atoms with van der Waals surface area (Å²) in [5.41, 5.74) is -0.660. The molecule has 21 heavy (non-hydrogen) atoms. The predicted molar refractivity (Wildman–Crippen MR) is 67.0 cm³/mol. The average molecular weight is 306 g/mol. The second-order valence-electron chi connectivity index (χ2n) is 3.99. The maximum Gasteiger partial charge on any atom is 0.335 e. The molecule has 1 aromatic carbocycles. The molecular formula is C12H13F3N2O4. The lowest BCUT2D eigenvalue weighted by Gasteiger charge is -2.21. The first-order valence-electron chi connectivity index (χ1n) is 5.83. The van der Waals surface area contributed by atoms with Crippen molar-refractivity contribution in [1.29, 1.82) is 0 Å². The lowest BCUT2D eigenvalue weighted by Crippen LogP contribution is -2.40. The van der Waals surface area contributed by atoms with E-state index in [2.05, 4.69) is 0 Å². The Hall–Kier alpha value is -2.29. The van der Waals surface area contributed by atoms with Crippen LogP contribution >= 0.6 is 0 Å². The lowest BCUT2D eigenvalue weighted by atomic mass is 10.2. The maximum atomic E-state index is 13.6. The first-order valence-corrected chi connectivity index (χ1v) is 5.83. The fraction of sp³-hybridized carbons (Fsp3) is 0.333. The van der Waals surface area contributed by atoms with Crippen molar-refractivity contribution in [2.24, 2.45) is 0 Å². The Morgan fingerprint density at radius 2 is 2.00 bits per heavy atom. The molecule has 0 aliphatic rings. The topological polar surface area (TPSA) is 89.9 Å². The van der Waals surface area contributed by atoms with Crippen LogP contribution in [-0.2, 0) is 0 Å². The van der Waals surface area contributed by atoms with Crippen LogP contribution < -0.4 is 5.32 Å². The number of aliphatic hydroxyl groups is 1. The number of anilines is 1. The van der Waals surface area contributed by atoms with Gasteiger partial charge in [-0.2, -0.15) is 0 Å². The number of carbonyl (C=O) groups excluding carboxylic acids is 1. The highest BCUT2D eigenvalue weighted by atomic mass is 19.3. The highest BCUT2D eigenvalue weighted by Crippen LogP contribution is 2.16. The minimum atomic E-state index is -2.80. The minimum Gasteiger partial charge on any atom is -0.478 e. The average Bonchev–Trinajstić information content (AvgIpc) is 2.39. The Kier molecular flexibility index (Phi) is 5.97. The van der Waals surface area contributed by atoms with Crippen LogP contribution in [-0.4, -0.2) is 53.2 Å². The minimum absolute atomic E-state index is 0.315. The third kappa shape index (κ3) is 4.95. The number of benzene rings is 1. The highest BCUT2D eigenvalue weighted by molar-refractivity contribution is 5.91. The number of aliphatic hydroxyl groups excluding tert-OH is 1. The van der Waals surface area contributed by atoms with E-state index in [1.807, 2.05) is 5.32 Å². The van der Waals surface area contributed by atoms with E-state index in [4.69, 9.17) is 10.2 Å². The molecule has 0 atom stereocenters. The van der Waals surface area contributed by atoms with Gasteiger partial charge in [0.05, 0.1) is 24.4 Å². The summed E-state index contributed by atoms with van der Waals surface area (Å²) >= 11 is 0. The standard InChI is InChI=1S/C12H13F3N2O4/c13-8-5-7(11(19)20)1-2-9(8)16-12(21)17(3-4-18)6-10(14)15/h1-2,5,10,18H,3-4,6H2,(H,16,21)(H,19,20). The Morgan fingerprint density at radius 3 is 2.48 bits per heavy atom. The van der Waals surface area contributed by atoms with Gasteiger partial charge >= 0.3 is 12.0 Å². The van der Waals surface area contributed by atoms with Crippen LogP contribution in [0.5, 0.6) is 0 Å². The van der Waals surface area contributed by atoms with E-state index in [0.29, 0.717) is 11.0 Å². The second kappa shape index (κ2) is 7.48. The third-order valence-corrected chi connectivity index (χ3v) is 2.47. The summed E-state index contributed by atoms with van der Waals surface area (Å²) in [6.45, 7) is -1.78. The van der Waals surface area contributed by atoms with Gasteiger partial charge in [-0.1, -0.05) is 0 Å². The summed E-state index contributed by atoms with van der Waals surface area (Å²) in [5, 5.41) is 19.4. The van der Waals surface area contributed by atoms with Gasteiger partial charge < -0.3 is 20.4 Å². The number of aromatic carboxylic acids is 1. The lowest BCUT2D eigenvalue weighted by molar-refractivity contribution is 0.0696. The fourth-order valence-corrected chi connectivity index (χ4v) is 1.51. The molecule has 1 aromatic rings. The number of nitrogens with one attached hydrogen (secondary N) is 1. The van der Waals surface area contributed by atoms with Crippen LogP contribution in [0.1, 0.15) is 10.4 Å². The Morgan fingerprint density at radius 1 is 1.33 bits per heavy atom. The van der Waals surface area contributed by atoms with Gasteiger partial charge in [-0.25, -0.2) is 22.8 Å². The van der Waals surface area contributed by atoms with Gasteiger partial charge in [0.15, 0.2) is 0 Å². The number of nitrogens with zero attached hydrogens (tertiary/aromatic N) is 1. The quantitative estimate of drug-likeness (QED) is 0.745. The molecule has 0 aromatic heterocycles. The van der Waals surface area contributed by atoms with Gasteiger partial charge in [0, 0.05) is 6.54 Å². The van der Waals surface area contributed by atoms with Gasteiger partial charge in [-0.3, -0.25) is 0 Å². The van der Waals surface area contributed by atoms with Crippen molar-refractivity contribution in [1.82, 2.24) is 4.90 Å². The molecule has 0 aliphatic heterocycles. The number of amides is 2. The van der Waals surface area contributed by atoms with Crippen LogP contribution in [0.25, 0.3) is 0 Å². The zero-order valence-corrected chi connectivity index (χ0v) is 10.7. The van der Waals surface area contributed by atoms with Crippen LogP contribution in [0.4, 0.5) is 23.7 Å². The van der Waals surface area contributed by atoms with E-state index in [9.17, 15) is 22.8 Å². The molecule has 0 unspecified atom stereocenters. The van der Waals surface area contributed by atoms with Gasteiger partial charge in [-0.05, 0) is 18.2 Å². The molecule has 9 heteroatoms. The molecule has 3 N–H and O–H groups in total. The third-order valence-electron chi connectivity index (χ3n) is 2.47. The zero-order chi connectivity index (χ0) is 16.0. The van der Waals surface area contributed by atoms with Gasteiger partial charge in [0.1, 0.15) is 5.82 Å². The maximum absolute atomic E-state index is 13.6. The number of urea groups is 1. The number of carbonyl (C=O) groups is 2. The number of alkyl halides is 2. The first-order chi connectivity index (χ1) is 9.85. The van der Waals surface area contributed by atoms with Crippen molar-refractivity contribution in [2.45, 2.75) is 6.43 Å². The second-order valence-corrected chi connectivity index (χ2v) is 3.99. The van der Waals surface area contributed by atoms with E-state index >= 15 is 0 Å². The van der Waals surface area contributed by atoms with E-state index in [-0.39, 0.29) is 17.8 Å². The van der Waals surface area contributed by atoms with Crippen LogP contribution in [0.3, 0.4) is 0 Å². The molecule has 0 bridgehead atoms. The summed E-state index contributed by atoms with van der Waals surface area (Å²) in [6, 6.07) is 1.74. The van der Waals surface area contributed by atoms with Crippen molar-refractivity contribution in [2.75, 3.05) is 25.0 Å². The molecule has 2 amide bonds. The van der Waals surface area contributed by atoms with Crippen LogP contribution in [0.2, 0.25) is 0 Å². The summed E-state index contributed by atoms with van der Waals surface area (Å²) < 4.78 is 38.2. The van der Waals surface area contributed by atoms with Crippen molar-refractivity contribution in [3.05, 3.63) is 29.6 Å². The normalized spacial score (nSPS) is 10.5. The first kappa shape index (κ1) is 16.8. The van der Waals surface area contributed by atoms with Crippen molar-refractivity contribution in [3.63, 3.8) is 0 Å². The molecule has 0 spiro atoms. The van der Waals surface area contributed by atoms with Crippen molar-refractivity contribution in [3.8, 4) is 0 Å². The Balaban J connectivity index is 2.83. The number of rotatable bonds is 6.